The predicted molar refractivity (Wildman–Crippen MR) is 72.8 cm³/mol. The number of hydrogen-bond acceptors (Lipinski definition) is 4. The molecule has 1 aromatic rings. The van der Waals surface area contributed by atoms with E-state index >= 15 is 0 Å². The molecule has 1 aliphatic rings. The number of para-hydroxylation sites is 1. The van der Waals surface area contributed by atoms with Crippen molar-refractivity contribution >= 4 is 11.8 Å². The number of hydrogen-bond donors (Lipinski definition) is 2. The van der Waals surface area contributed by atoms with Crippen molar-refractivity contribution in [1.29, 1.82) is 0 Å². The minimum atomic E-state index is -0.474. The molecule has 108 valence electrons. The highest BCUT2D eigenvalue weighted by atomic mass is 16.5. The van der Waals surface area contributed by atoms with Gasteiger partial charge in [0.1, 0.15) is 6.04 Å². The van der Waals surface area contributed by atoms with Crippen LogP contribution >= 0.6 is 0 Å². The van der Waals surface area contributed by atoms with E-state index < -0.39 is 6.04 Å². The first-order valence-electron chi connectivity index (χ1n) is 6.48. The fourth-order valence-corrected chi connectivity index (χ4v) is 2.46. The molecule has 0 aromatic heterocycles. The molecule has 1 aliphatic heterocycles. The fraction of sp³-hybridized carbons (Fsp3) is 0.429. The van der Waals surface area contributed by atoms with Crippen molar-refractivity contribution in [1.82, 2.24) is 10.2 Å². The molecule has 1 fully saturated rings. The highest BCUT2D eigenvalue weighted by Crippen LogP contribution is 2.31. The number of likely N-dealkylation sites (tertiary alicyclic amines) is 1. The molecule has 1 heterocycles. The zero-order valence-corrected chi connectivity index (χ0v) is 11.5. The number of likely N-dealkylation sites (N-methyl/N-ethyl adjacent to an activating group) is 1. The number of aromatic hydroxyl groups is 1. The molecule has 0 saturated carbocycles. The lowest BCUT2D eigenvalue weighted by atomic mass is 10.1. The normalized spacial score (nSPS) is 17.9. The number of carbonyl (C=O) groups excluding carboxylic acids is 2. The van der Waals surface area contributed by atoms with Gasteiger partial charge in [0.25, 0.3) is 5.91 Å². The molecule has 1 unspecified atom stereocenters. The summed E-state index contributed by atoms with van der Waals surface area (Å²) in [4.78, 5) is 25.8. The molecule has 6 heteroatoms. The molecule has 0 aliphatic carbocycles. The molecule has 6 nitrogen and oxygen atoms in total. The molecule has 2 N–H and O–H groups in total. The summed E-state index contributed by atoms with van der Waals surface area (Å²) in [5.74, 6) is -0.486. The summed E-state index contributed by atoms with van der Waals surface area (Å²) in [6, 6.07) is 4.26. The third-order valence-corrected chi connectivity index (χ3v) is 3.51. The number of phenolic OH excluding ortho intramolecular Hbond substituents is 1. The second-order valence-electron chi connectivity index (χ2n) is 4.63. The number of nitrogens with zero attached hydrogens (tertiary/aromatic N) is 1. The summed E-state index contributed by atoms with van der Waals surface area (Å²) < 4.78 is 4.99. The van der Waals surface area contributed by atoms with E-state index in [9.17, 15) is 14.7 Å². The number of phenols is 1. The lowest BCUT2D eigenvalue weighted by Crippen LogP contribution is -2.44. The Kier molecular flexibility index (Phi) is 4.12. The van der Waals surface area contributed by atoms with Gasteiger partial charge >= 0.3 is 0 Å². The maximum absolute atomic E-state index is 12.5. The Hall–Kier alpha value is -2.24. The van der Waals surface area contributed by atoms with E-state index in [1.54, 1.807) is 19.2 Å². The highest BCUT2D eigenvalue weighted by molar-refractivity contribution is 6.00. The Morgan fingerprint density at radius 3 is 2.85 bits per heavy atom. The van der Waals surface area contributed by atoms with Crippen LogP contribution in [0.1, 0.15) is 23.2 Å². The van der Waals surface area contributed by atoms with Crippen LogP contribution in [0.3, 0.4) is 0 Å². The van der Waals surface area contributed by atoms with Gasteiger partial charge in [-0.05, 0) is 25.0 Å². The van der Waals surface area contributed by atoms with Crippen molar-refractivity contribution in [2.75, 3.05) is 20.7 Å². The van der Waals surface area contributed by atoms with E-state index in [-0.39, 0.29) is 28.9 Å². The van der Waals surface area contributed by atoms with Crippen molar-refractivity contribution in [2.24, 2.45) is 0 Å². The van der Waals surface area contributed by atoms with E-state index in [0.29, 0.717) is 13.0 Å². The lowest BCUT2D eigenvalue weighted by molar-refractivity contribution is -0.124. The van der Waals surface area contributed by atoms with E-state index in [0.717, 1.165) is 6.42 Å². The first kappa shape index (κ1) is 14.2. The van der Waals surface area contributed by atoms with Crippen LogP contribution in [-0.4, -0.2) is 48.6 Å². The van der Waals surface area contributed by atoms with E-state index in [1.165, 1.54) is 18.1 Å². The number of methoxy groups -OCH3 is 1. The molecule has 0 radical (unpaired) electrons. The van der Waals surface area contributed by atoms with Crippen LogP contribution in [0, 0.1) is 0 Å². The van der Waals surface area contributed by atoms with Gasteiger partial charge in [-0.1, -0.05) is 6.07 Å². The number of ether oxygens (including phenoxy) is 1. The van der Waals surface area contributed by atoms with Crippen LogP contribution in [0.5, 0.6) is 11.5 Å². The smallest absolute Gasteiger partial charge is 0.258 e. The molecule has 1 atom stereocenters. The third kappa shape index (κ3) is 2.41. The van der Waals surface area contributed by atoms with Crippen LogP contribution in [0.4, 0.5) is 0 Å². The number of amides is 2. The molecule has 1 aromatic carbocycles. The van der Waals surface area contributed by atoms with Crippen molar-refractivity contribution in [3.8, 4) is 11.5 Å². The lowest BCUT2D eigenvalue weighted by Gasteiger charge is -2.24. The van der Waals surface area contributed by atoms with E-state index in [2.05, 4.69) is 5.32 Å². The molecular formula is C14H18N2O4. The first-order chi connectivity index (χ1) is 9.60. The summed E-state index contributed by atoms with van der Waals surface area (Å²) in [6.45, 7) is 0.508. The molecule has 2 amide bonds. The minimum absolute atomic E-state index is 0.153. The van der Waals surface area contributed by atoms with Gasteiger partial charge in [-0.25, -0.2) is 0 Å². The van der Waals surface area contributed by atoms with Gasteiger partial charge in [-0.15, -0.1) is 0 Å². The summed E-state index contributed by atoms with van der Waals surface area (Å²) in [7, 11) is 2.97. The standard InChI is InChI=1S/C14H18N2O4/c1-15-13(18)10-6-4-8-16(10)14(19)9-5-3-7-11(20-2)12(9)17/h3,5,7,10,17H,4,6,8H2,1-2H3,(H,15,18). The van der Waals surface area contributed by atoms with Crippen LogP contribution in [-0.2, 0) is 4.79 Å². The Morgan fingerprint density at radius 2 is 2.20 bits per heavy atom. The van der Waals surface area contributed by atoms with Gasteiger partial charge in [0, 0.05) is 13.6 Å². The van der Waals surface area contributed by atoms with Crippen molar-refractivity contribution < 1.29 is 19.4 Å². The number of rotatable bonds is 3. The van der Waals surface area contributed by atoms with Crippen LogP contribution < -0.4 is 10.1 Å². The molecular weight excluding hydrogens is 260 g/mol. The first-order valence-corrected chi connectivity index (χ1v) is 6.48. The minimum Gasteiger partial charge on any atom is -0.504 e. The maximum atomic E-state index is 12.5. The van der Waals surface area contributed by atoms with E-state index in [1.807, 2.05) is 0 Å². The van der Waals surface area contributed by atoms with Gasteiger partial charge in [0.15, 0.2) is 11.5 Å². The average molecular weight is 278 g/mol. The summed E-state index contributed by atoms with van der Waals surface area (Å²) in [6.07, 6.45) is 1.41. The average Bonchev–Trinajstić information content (AvgIpc) is 2.95. The maximum Gasteiger partial charge on any atom is 0.258 e. The predicted octanol–water partition coefficient (Wildman–Crippen LogP) is 0.751. The van der Waals surface area contributed by atoms with Gasteiger partial charge in [0.05, 0.1) is 12.7 Å². The molecule has 20 heavy (non-hydrogen) atoms. The van der Waals surface area contributed by atoms with E-state index in [4.69, 9.17) is 4.74 Å². The SMILES string of the molecule is CNC(=O)C1CCCN1C(=O)c1cccc(OC)c1O. The zero-order valence-electron chi connectivity index (χ0n) is 11.5. The fourth-order valence-electron chi connectivity index (χ4n) is 2.46. The Morgan fingerprint density at radius 1 is 1.45 bits per heavy atom. The van der Waals surface area contributed by atoms with Crippen LogP contribution in [0.15, 0.2) is 18.2 Å². The van der Waals surface area contributed by atoms with Gasteiger partial charge in [0.2, 0.25) is 5.91 Å². The van der Waals surface area contributed by atoms with Crippen molar-refractivity contribution in [3.63, 3.8) is 0 Å². The quantitative estimate of drug-likeness (QED) is 0.855. The summed E-state index contributed by atoms with van der Waals surface area (Å²) in [5.41, 5.74) is 0.153. The highest BCUT2D eigenvalue weighted by Gasteiger charge is 2.35. The second kappa shape index (κ2) is 5.81. The monoisotopic (exact) mass is 278 g/mol. The van der Waals surface area contributed by atoms with Crippen molar-refractivity contribution in [3.05, 3.63) is 23.8 Å². The Balaban J connectivity index is 2.29. The number of benzene rings is 1. The van der Waals surface area contributed by atoms with Gasteiger partial charge in [-0.3, -0.25) is 9.59 Å². The molecule has 2 rings (SSSR count). The Bertz CT molecular complexity index is 530. The number of carbonyl (C=O) groups is 2. The topological polar surface area (TPSA) is 78.9 Å². The molecule has 1 saturated heterocycles. The van der Waals surface area contributed by atoms with Crippen molar-refractivity contribution in [2.45, 2.75) is 18.9 Å². The Labute approximate surface area is 117 Å². The third-order valence-electron chi connectivity index (χ3n) is 3.51. The zero-order chi connectivity index (χ0) is 14.7. The summed E-state index contributed by atoms with van der Waals surface area (Å²) >= 11 is 0. The largest absolute Gasteiger partial charge is 0.504 e. The molecule has 0 spiro atoms. The van der Waals surface area contributed by atoms with Gasteiger partial charge in [-0.2, -0.15) is 0 Å². The van der Waals surface area contributed by atoms with Gasteiger partial charge < -0.3 is 20.1 Å². The molecule has 0 bridgehead atoms. The van der Waals surface area contributed by atoms with Crippen LogP contribution in [0.2, 0.25) is 0 Å². The van der Waals surface area contributed by atoms with Crippen LogP contribution in [0.25, 0.3) is 0 Å². The second-order valence-corrected chi connectivity index (χ2v) is 4.63. The summed E-state index contributed by atoms with van der Waals surface area (Å²) in [5, 5.41) is 12.6. The number of nitrogens with one attached hydrogen (secondary N) is 1.